The van der Waals surface area contributed by atoms with Gasteiger partial charge in [-0.1, -0.05) is 61.5 Å². The molecule has 0 radical (unpaired) electrons. The Morgan fingerprint density at radius 2 is 1.65 bits per heavy atom. The average molecular weight is 362 g/mol. The van der Waals surface area contributed by atoms with Crippen molar-refractivity contribution in [3.63, 3.8) is 0 Å². The minimum absolute atomic E-state index is 0.663. The molecule has 1 heterocycles. The van der Waals surface area contributed by atoms with Crippen molar-refractivity contribution in [1.29, 1.82) is 0 Å². The van der Waals surface area contributed by atoms with E-state index in [0.29, 0.717) is 11.7 Å². The summed E-state index contributed by atoms with van der Waals surface area (Å²) in [6.45, 7) is 3.55. The highest BCUT2D eigenvalue weighted by atomic mass is 32.1. The molecule has 3 rings (SSSR count). The van der Waals surface area contributed by atoms with Gasteiger partial charge in [-0.25, -0.2) is 0 Å². The number of hydrogen-bond acceptors (Lipinski definition) is 2. The first-order valence-electron chi connectivity index (χ1n) is 8.84. The van der Waals surface area contributed by atoms with Crippen LogP contribution in [0.5, 0.6) is 0 Å². The van der Waals surface area contributed by atoms with Crippen molar-refractivity contribution in [3.05, 3.63) is 95.8 Å². The minimum atomic E-state index is 0.663. The number of anilines is 1. The Morgan fingerprint density at radius 3 is 2.38 bits per heavy atom. The van der Waals surface area contributed by atoms with Gasteiger partial charge in [-0.3, -0.25) is 4.98 Å². The van der Waals surface area contributed by atoms with Crippen molar-refractivity contribution in [2.75, 3.05) is 5.32 Å². The molecule has 0 unspecified atom stereocenters. The maximum Gasteiger partial charge on any atom is 0.174 e. The molecule has 132 valence electrons. The van der Waals surface area contributed by atoms with Gasteiger partial charge < -0.3 is 10.2 Å². The van der Waals surface area contributed by atoms with Crippen molar-refractivity contribution in [2.45, 2.75) is 26.4 Å². The van der Waals surface area contributed by atoms with E-state index in [0.717, 1.165) is 24.3 Å². The molecule has 0 spiro atoms. The second kappa shape index (κ2) is 9.11. The summed E-state index contributed by atoms with van der Waals surface area (Å²) in [6, 6.07) is 24.6. The number of hydrogen-bond donors (Lipinski definition) is 1. The van der Waals surface area contributed by atoms with E-state index in [-0.39, 0.29) is 0 Å². The van der Waals surface area contributed by atoms with Crippen molar-refractivity contribution in [3.8, 4) is 0 Å². The van der Waals surface area contributed by atoms with E-state index in [2.05, 4.69) is 64.6 Å². The first-order chi connectivity index (χ1) is 12.8. The first-order valence-corrected chi connectivity index (χ1v) is 9.24. The molecule has 0 fully saturated rings. The second-order valence-corrected chi connectivity index (χ2v) is 6.49. The number of benzene rings is 2. The van der Waals surface area contributed by atoms with Crippen LogP contribution < -0.4 is 5.32 Å². The molecule has 26 heavy (non-hydrogen) atoms. The van der Waals surface area contributed by atoms with Crippen LogP contribution in [0.15, 0.2) is 79.0 Å². The Hall–Kier alpha value is -2.72. The summed E-state index contributed by atoms with van der Waals surface area (Å²) in [5.74, 6) is 0. The molecule has 0 aliphatic carbocycles. The molecule has 0 saturated heterocycles. The highest BCUT2D eigenvalue weighted by Crippen LogP contribution is 2.18. The monoisotopic (exact) mass is 361 g/mol. The van der Waals surface area contributed by atoms with Crippen LogP contribution in [0.3, 0.4) is 0 Å². The third-order valence-electron chi connectivity index (χ3n) is 4.22. The maximum absolute atomic E-state index is 5.75. The lowest BCUT2D eigenvalue weighted by Crippen LogP contribution is -2.34. The van der Waals surface area contributed by atoms with Crippen LogP contribution in [0.25, 0.3) is 0 Å². The van der Waals surface area contributed by atoms with Crippen molar-refractivity contribution in [1.82, 2.24) is 9.88 Å². The number of pyridine rings is 1. The zero-order valence-electron chi connectivity index (χ0n) is 14.9. The van der Waals surface area contributed by atoms with Gasteiger partial charge in [0.2, 0.25) is 0 Å². The highest BCUT2D eigenvalue weighted by Gasteiger charge is 2.13. The second-order valence-electron chi connectivity index (χ2n) is 6.10. The van der Waals surface area contributed by atoms with Gasteiger partial charge in [-0.2, -0.15) is 0 Å². The molecule has 3 nitrogen and oxygen atoms in total. The molecular weight excluding hydrogens is 338 g/mol. The molecule has 0 bridgehead atoms. The van der Waals surface area contributed by atoms with Crippen molar-refractivity contribution >= 4 is 23.0 Å². The summed E-state index contributed by atoms with van der Waals surface area (Å²) in [4.78, 5) is 6.61. The average Bonchev–Trinajstić information content (AvgIpc) is 2.69. The highest BCUT2D eigenvalue weighted by molar-refractivity contribution is 7.80. The molecule has 0 saturated carbocycles. The predicted molar refractivity (Wildman–Crippen MR) is 112 cm³/mol. The predicted octanol–water partition coefficient (Wildman–Crippen LogP) is 5.04. The molecule has 1 aromatic heterocycles. The van der Waals surface area contributed by atoms with E-state index in [1.165, 1.54) is 11.1 Å². The maximum atomic E-state index is 5.75. The SMILES string of the molecule is CCc1ccccc1NC(=S)N(Cc1ccccc1)Cc1ccccn1. The normalized spacial score (nSPS) is 10.3. The number of nitrogens with zero attached hydrogens (tertiary/aromatic N) is 2. The van der Waals surface area contributed by atoms with E-state index in [9.17, 15) is 0 Å². The Morgan fingerprint density at radius 1 is 0.923 bits per heavy atom. The lowest BCUT2D eigenvalue weighted by atomic mass is 10.1. The molecule has 3 aromatic rings. The van der Waals surface area contributed by atoms with Crippen LogP contribution in [0.4, 0.5) is 5.69 Å². The third kappa shape index (κ3) is 4.90. The van der Waals surface area contributed by atoms with Gasteiger partial charge in [0.15, 0.2) is 5.11 Å². The number of aromatic nitrogens is 1. The Kier molecular flexibility index (Phi) is 6.34. The van der Waals surface area contributed by atoms with E-state index < -0.39 is 0 Å². The van der Waals surface area contributed by atoms with Crippen molar-refractivity contribution in [2.24, 2.45) is 0 Å². The van der Waals surface area contributed by atoms with Crippen molar-refractivity contribution < 1.29 is 0 Å². The fourth-order valence-electron chi connectivity index (χ4n) is 2.84. The van der Waals surface area contributed by atoms with Gasteiger partial charge >= 0.3 is 0 Å². The molecule has 2 aromatic carbocycles. The molecule has 0 aliphatic rings. The summed E-state index contributed by atoms with van der Waals surface area (Å²) < 4.78 is 0. The van der Waals surface area contributed by atoms with Gasteiger partial charge in [0.1, 0.15) is 0 Å². The topological polar surface area (TPSA) is 28.2 Å². The largest absolute Gasteiger partial charge is 0.339 e. The molecule has 0 amide bonds. The van der Waals surface area contributed by atoms with E-state index >= 15 is 0 Å². The quantitative estimate of drug-likeness (QED) is 0.622. The summed E-state index contributed by atoms with van der Waals surface area (Å²) in [7, 11) is 0. The summed E-state index contributed by atoms with van der Waals surface area (Å²) in [5.41, 5.74) is 4.54. The Labute approximate surface area is 160 Å². The standard InChI is InChI=1S/C22H23N3S/c1-2-19-12-6-7-14-21(19)24-22(26)25(16-18-10-4-3-5-11-18)17-20-13-8-9-15-23-20/h3-15H,2,16-17H2,1H3,(H,24,26). The molecule has 4 heteroatoms. The number of nitrogens with one attached hydrogen (secondary N) is 1. The Bertz CT molecular complexity index is 793. The molecule has 0 aliphatic heterocycles. The molecule has 1 N–H and O–H groups in total. The van der Waals surface area contributed by atoms with Gasteiger partial charge in [-0.05, 0) is 48.0 Å². The fraction of sp³-hybridized carbons (Fsp3) is 0.182. The fourth-order valence-corrected chi connectivity index (χ4v) is 3.07. The summed E-state index contributed by atoms with van der Waals surface area (Å²) in [6.07, 6.45) is 2.78. The van der Waals surface area contributed by atoms with E-state index in [1.807, 2.05) is 36.5 Å². The summed E-state index contributed by atoms with van der Waals surface area (Å²) in [5, 5.41) is 4.14. The van der Waals surface area contributed by atoms with E-state index in [1.54, 1.807) is 0 Å². The molecular formula is C22H23N3S. The summed E-state index contributed by atoms with van der Waals surface area (Å²) >= 11 is 5.75. The van der Waals surface area contributed by atoms with E-state index in [4.69, 9.17) is 12.2 Å². The Balaban J connectivity index is 1.80. The number of aryl methyl sites for hydroxylation is 1. The lowest BCUT2D eigenvalue weighted by molar-refractivity contribution is 0.407. The van der Waals surface area contributed by atoms with Crippen LogP contribution in [0.1, 0.15) is 23.7 Å². The minimum Gasteiger partial charge on any atom is -0.339 e. The lowest BCUT2D eigenvalue weighted by Gasteiger charge is -2.26. The van der Waals surface area contributed by atoms with Gasteiger partial charge in [0.25, 0.3) is 0 Å². The number of rotatable bonds is 6. The van der Waals surface area contributed by atoms with Crippen LogP contribution in [-0.4, -0.2) is 15.0 Å². The van der Waals surface area contributed by atoms with Crippen LogP contribution in [0, 0.1) is 0 Å². The van der Waals surface area contributed by atoms with Crippen LogP contribution >= 0.6 is 12.2 Å². The molecule has 0 atom stereocenters. The van der Waals surface area contributed by atoms with Gasteiger partial charge in [0.05, 0.1) is 12.2 Å². The number of thiocarbonyl (C=S) groups is 1. The first kappa shape index (κ1) is 18.1. The smallest absolute Gasteiger partial charge is 0.174 e. The van der Waals surface area contributed by atoms with Crippen LogP contribution in [-0.2, 0) is 19.5 Å². The van der Waals surface area contributed by atoms with Gasteiger partial charge in [0, 0.05) is 18.4 Å². The zero-order chi connectivity index (χ0) is 18.2. The third-order valence-corrected chi connectivity index (χ3v) is 4.58. The van der Waals surface area contributed by atoms with Crippen LogP contribution in [0.2, 0.25) is 0 Å². The number of para-hydroxylation sites is 1. The van der Waals surface area contributed by atoms with Gasteiger partial charge in [-0.15, -0.1) is 0 Å². The zero-order valence-corrected chi connectivity index (χ0v) is 15.7.